The van der Waals surface area contributed by atoms with E-state index in [2.05, 4.69) is 36.6 Å². The average molecular weight is 458 g/mol. The molecule has 2 rings (SSSR count). The zero-order chi connectivity index (χ0) is 17.0. The van der Waals surface area contributed by atoms with Crippen molar-refractivity contribution in [3.05, 3.63) is 47.5 Å². The van der Waals surface area contributed by atoms with Gasteiger partial charge in [0.25, 0.3) is 0 Å². The van der Waals surface area contributed by atoms with Gasteiger partial charge in [0, 0.05) is 35.8 Å². The molecular weight excluding hydrogens is 426 g/mol. The van der Waals surface area contributed by atoms with Crippen LogP contribution >= 0.6 is 49.6 Å². The lowest BCUT2D eigenvalue weighted by molar-refractivity contribution is 0.419. The Hall–Kier alpha value is -1.20. The normalized spacial score (nSPS) is 9.63. The summed E-state index contributed by atoms with van der Waals surface area (Å²) in [6.07, 6.45) is 0. The molecule has 2 aromatic rings. The van der Waals surface area contributed by atoms with Crippen LogP contribution in [-0.2, 0) is 0 Å². The van der Waals surface area contributed by atoms with Gasteiger partial charge in [-0.15, -0.1) is 49.6 Å². The van der Waals surface area contributed by atoms with Crippen molar-refractivity contribution in [1.29, 1.82) is 0 Å². The summed E-state index contributed by atoms with van der Waals surface area (Å²) in [5, 5.41) is 6.99. The average Bonchev–Trinajstić information content (AvgIpc) is 2.50. The van der Waals surface area contributed by atoms with Gasteiger partial charge in [0.1, 0.15) is 0 Å². The van der Waals surface area contributed by atoms with E-state index in [1.54, 1.807) is 0 Å². The summed E-state index contributed by atoms with van der Waals surface area (Å²) < 4.78 is 0. The third-order valence-corrected chi connectivity index (χ3v) is 4.08. The molecule has 0 aliphatic carbocycles. The van der Waals surface area contributed by atoms with Crippen LogP contribution in [0.3, 0.4) is 0 Å². The highest BCUT2D eigenvalue weighted by Gasteiger charge is 2.17. The van der Waals surface area contributed by atoms with Crippen molar-refractivity contribution >= 4 is 72.4 Å². The Morgan fingerprint density at radius 1 is 0.704 bits per heavy atom. The molecule has 0 atom stereocenters. The van der Waals surface area contributed by atoms with Gasteiger partial charge in [-0.2, -0.15) is 0 Å². The summed E-state index contributed by atoms with van der Waals surface area (Å²) in [7, 11) is 0. The molecule has 8 heteroatoms. The second kappa shape index (κ2) is 13.1. The van der Waals surface area contributed by atoms with Gasteiger partial charge in [0.05, 0.1) is 0 Å². The number of anilines is 4. The molecule has 2 aromatic carbocycles. The fourth-order valence-electron chi connectivity index (χ4n) is 2.32. The first-order chi connectivity index (χ1) is 10.8. The largest absolute Gasteiger partial charge is 0.399 e. The van der Waals surface area contributed by atoms with Crippen LogP contribution in [0.1, 0.15) is 25.0 Å². The Balaban J connectivity index is -0.00000144. The molecule has 0 radical (unpaired) electrons. The predicted octanol–water partition coefficient (Wildman–Crippen LogP) is 5.71. The zero-order valence-corrected chi connectivity index (χ0v) is 19.4. The summed E-state index contributed by atoms with van der Waals surface area (Å²) in [6.45, 7) is 10.3. The van der Waals surface area contributed by atoms with E-state index in [0.29, 0.717) is 0 Å². The van der Waals surface area contributed by atoms with E-state index in [-0.39, 0.29) is 55.0 Å². The summed E-state index contributed by atoms with van der Waals surface area (Å²) in [5.41, 5.74) is 17.9. The minimum atomic E-state index is 0. The number of benzene rings is 2. The molecule has 4 nitrogen and oxygen atoms in total. The standard InChI is InChI=1S/C19H28N4.4ClH/c1-13-9-15(5-7-17(13)20)22-11-19(3,4)12-23-16-6-8-18(21)14(2)10-16;;;;/h5-10,22-23H,11-12,20-21H2,1-4H3;4*1H. The quantitative estimate of drug-likeness (QED) is 0.419. The van der Waals surface area contributed by atoms with Crippen LogP contribution in [0.2, 0.25) is 0 Å². The van der Waals surface area contributed by atoms with Crippen LogP contribution in [0.4, 0.5) is 22.7 Å². The van der Waals surface area contributed by atoms with Crippen molar-refractivity contribution in [2.45, 2.75) is 27.7 Å². The van der Waals surface area contributed by atoms with Crippen LogP contribution < -0.4 is 22.1 Å². The topological polar surface area (TPSA) is 76.1 Å². The van der Waals surface area contributed by atoms with E-state index in [1.807, 2.05) is 38.1 Å². The lowest BCUT2D eigenvalue weighted by atomic mass is 9.93. The fraction of sp³-hybridized carbons (Fsp3) is 0.368. The molecule has 0 saturated carbocycles. The van der Waals surface area contributed by atoms with E-state index >= 15 is 0 Å². The van der Waals surface area contributed by atoms with E-state index in [9.17, 15) is 0 Å². The summed E-state index contributed by atoms with van der Waals surface area (Å²) in [6, 6.07) is 12.1. The van der Waals surface area contributed by atoms with Gasteiger partial charge in [-0.25, -0.2) is 0 Å². The van der Waals surface area contributed by atoms with Crippen molar-refractivity contribution < 1.29 is 0 Å². The molecule has 0 aliphatic rings. The highest BCUT2D eigenvalue weighted by Crippen LogP contribution is 2.22. The molecule has 0 aliphatic heterocycles. The van der Waals surface area contributed by atoms with Crippen molar-refractivity contribution in [2.75, 3.05) is 35.2 Å². The predicted molar refractivity (Wildman–Crippen MR) is 131 cm³/mol. The molecular formula is C19H32Cl4N4. The minimum Gasteiger partial charge on any atom is -0.399 e. The molecule has 0 bridgehead atoms. The molecule has 0 fully saturated rings. The van der Waals surface area contributed by atoms with Gasteiger partial charge in [-0.1, -0.05) is 13.8 Å². The van der Waals surface area contributed by atoms with E-state index in [0.717, 1.165) is 47.0 Å². The van der Waals surface area contributed by atoms with E-state index in [4.69, 9.17) is 11.5 Å². The molecule has 0 amide bonds. The number of hydrogen-bond donors (Lipinski definition) is 4. The fourth-order valence-corrected chi connectivity index (χ4v) is 2.32. The SMILES string of the molecule is Cc1cc(NCC(C)(C)CNc2ccc(N)c(C)c2)ccc1N.Cl.Cl.Cl.Cl. The van der Waals surface area contributed by atoms with Crippen LogP contribution in [-0.4, -0.2) is 13.1 Å². The summed E-state index contributed by atoms with van der Waals surface area (Å²) >= 11 is 0. The molecule has 0 spiro atoms. The van der Waals surface area contributed by atoms with Crippen molar-refractivity contribution in [3.63, 3.8) is 0 Å². The van der Waals surface area contributed by atoms with Gasteiger partial charge >= 0.3 is 0 Å². The van der Waals surface area contributed by atoms with Crippen molar-refractivity contribution in [2.24, 2.45) is 5.41 Å². The van der Waals surface area contributed by atoms with E-state index < -0.39 is 0 Å². The Morgan fingerprint density at radius 2 is 1.04 bits per heavy atom. The molecule has 0 saturated heterocycles. The first-order valence-electron chi connectivity index (χ1n) is 7.97. The number of nitrogens with two attached hydrogens (primary N) is 2. The number of aryl methyl sites for hydroxylation is 2. The number of nitrogen functional groups attached to an aromatic ring is 2. The Labute approximate surface area is 187 Å². The molecule has 0 unspecified atom stereocenters. The maximum Gasteiger partial charge on any atom is 0.0345 e. The monoisotopic (exact) mass is 456 g/mol. The second-order valence-electron chi connectivity index (χ2n) is 7.01. The third kappa shape index (κ3) is 9.52. The number of hydrogen-bond acceptors (Lipinski definition) is 4. The molecule has 0 heterocycles. The smallest absolute Gasteiger partial charge is 0.0345 e. The number of nitrogens with one attached hydrogen (secondary N) is 2. The zero-order valence-electron chi connectivity index (χ0n) is 16.2. The van der Waals surface area contributed by atoms with E-state index in [1.165, 1.54) is 0 Å². The Bertz CT molecular complexity index is 636. The van der Waals surface area contributed by atoms with Crippen molar-refractivity contribution in [1.82, 2.24) is 0 Å². The highest BCUT2D eigenvalue weighted by molar-refractivity contribution is 5.86. The first kappa shape index (κ1) is 30.5. The third-order valence-electron chi connectivity index (χ3n) is 4.08. The van der Waals surface area contributed by atoms with Gasteiger partial charge in [0.2, 0.25) is 0 Å². The van der Waals surface area contributed by atoms with Gasteiger partial charge < -0.3 is 22.1 Å². The first-order valence-corrected chi connectivity index (χ1v) is 7.97. The second-order valence-corrected chi connectivity index (χ2v) is 7.01. The number of halogens is 4. The molecule has 27 heavy (non-hydrogen) atoms. The van der Waals surface area contributed by atoms with Crippen LogP contribution in [0.15, 0.2) is 36.4 Å². The number of rotatable bonds is 6. The lowest BCUT2D eigenvalue weighted by Crippen LogP contribution is -2.31. The molecule has 6 N–H and O–H groups in total. The maximum atomic E-state index is 5.86. The van der Waals surface area contributed by atoms with Gasteiger partial charge in [-0.3, -0.25) is 0 Å². The maximum absolute atomic E-state index is 5.86. The van der Waals surface area contributed by atoms with Crippen LogP contribution in [0.25, 0.3) is 0 Å². The highest BCUT2D eigenvalue weighted by atomic mass is 35.5. The summed E-state index contributed by atoms with van der Waals surface area (Å²) in [4.78, 5) is 0. The molecule has 156 valence electrons. The summed E-state index contributed by atoms with van der Waals surface area (Å²) in [5.74, 6) is 0. The Morgan fingerprint density at radius 3 is 1.33 bits per heavy atom. The van der Waals surface area contributed by atoms with Crippen molar-refractivity contribution in [3.8, 4) is 0 Å². The minimum absolute atomic E-state index is 0. The van der Waals surface area contributed by atoms with Crippen LogP contribution in [0.5, 0.6) is 0 Å². The molecule has 0 aromatic heterocycles. The van der Waals surface area contributed by atoms with Gasteiger partial charge in [-0.05, 0) is 66.8 Å². The van der Waals surface area contributed by atoms with Gasteiger partial charge in [0.15, 0.2) is 0 Å². The Kier molecular flexibility index (Phi) is 14.8. The van der Waals surface area contributed by atoms with Crippen LogP contribution in [0, 0.1) is 19.3 Å². The lowest BCUT2D eigenvalue weighted by Gasteiger charge is -2.27.